The van der Waals surface area contributed by atoms with Gasteiger partial charge in [0.2, 0.25) is 5.91 Å². The lowest BCUT2D eigenvalue weighted by Gasteiger charge is -2.14. The van der Waals surface area contributed by atoms with Gasteiger partial charge in [0.05, 0.1) is 19.2 Å². The molecule has 12 heteroatoms. The number of amidine groups is 1. The Hall–Kier alpha value is -3.38. The minimum Gasteiger partial charge on any atom is -0.490 e. The van der Waals surface area contributed by atoms with E-state index in [1.165, 1.54) is 6.21 Å². The lowest BCUT2D eigenvalue weighted by atomic mass is 10.2. The van der Waals surface area contributed by atoms with Crippen LogP contribution in [0.15, 0.2) is 51.1 Å². The maximum atomic E-state index is 12.3. The number of ether oxygens (including phenoxy) is 2. The molecule has 1 aliphatic rings. The Morgan fingerprint density at radius 1 is 1.23 bits per heavy atom. The SMILES string of the molecule is CCOc1cc(C=NN=C2NC(=O)C(CC(=O)O)S2)c(Br)cc1OCC(=O)Nc1ccc(C)cc1. The first kappa shape index (κ1) is 26.2. The fraction of sp³-hybridized carbons (Fsp3) is 0.261. The molecule has 10 nitrogen and oxygen atoms in total. The molecule has 0 radical (unpaired) electrons. The number of nitrogens with one attached hydrogen (secondary N) is 2. The van der Waals surface area contributed by atoms with Gasteiger partial charge in [-0.15, -0.1) is 5.10 Å². The largest absolute Gasteiger partial charge is 0.490 e. The van der Waals surface area contributed by atoms with Crippen molar-refractivity contribution < 1.29 is 29.0 Å². The van der Waals surface area contributed by atoms with Crippen molar-refractivity contribution in [1.82, 2.24) is 5.32 Å². The predicted molar refractivity (Wildman–Crippen MR) is 137 cm³/mol. The molecule has 1 fully saturated rings. The summed E-state index contributed by atoms with van der Waals surface area (Å²) in [5.41, 5.74) is 2.38. The second-order valence-electron chi connectivity index (χ2n) is 7.30. The molecule has 1 aliphatic heterocycles. The summed E-state index contributed by atoms with van der Waals surface area (Å²) < 4.78 is 12.0. The van der Waals surface area contributed by atoms with Gasteiger partial charge in [0.25, 0.3) is 5.91 Å². The highest BCUT2D eigenvalue weighted by atomic mass is 79.9. The number of rotatable bonds is 10. The van der Waals surface area contributed by atoms with Crippen LogP contribution in [0.4, 0.5) is 5.69 Å². The van der Waals surface area contributed by atoms with Crippen LogP contribution in [0.25, 0.3) is 0 Å². The van der Waals surface area contributed by atoms with E-state index in [9.17, 15) is 14.4 Å². The number of amides is 2. The van der Waals surface area contributed by atoms with Crippen LogP contribution in [0.1, 0.15) is 24.5 Å². The zero-order chi connectivity index (χ0) is 25.4. The molecule has 2 amide bonds. The summed E-state index contributed by atoms with van der Waals surface area (Å²) in [6, 6.07) is 10.8. The van der Waals surface area contributed by atoms with Crippen molar-refractivity contribution in [2.24, 2.45) is 10.2 Å². The van der Waals surface area contributed by atoms with Crippen LogP contribution >= 0.6 is 27.7 Å². The third-order valence-electron chi connectivity index (χ3n) is 4.54. The number of nitrogens with zero attached hydrogens (tertiary/aromatic N) is 2. The number of thioether (sulfide) groups is 1. The molecule has 1 atom stereocenters. The summed E-state index contributed by atoms with van der Waals surface area (Å²) in [6.45, 7) is 3.95. The number of aliphatic carboxylic acids is 1. The van der Waals surface area contributed by atoms with E-state index in [4.69, 9.17) is 14.6 Å². The molecule has 1 unspecified atom stereocenters. The van der Waals surface area contributed by atoms with Crippen molar-refractivity contribution in [2.75, 3.05) is 18.5 Å². The Morgan fingerprint density at radius 2 is 1.94 bits per heavy atom. The van der Waals surface area contributed by atoms with Gasteiger partial charge in [0.1, 0.15) is 5.25 Å². The Labute approximate surface area is 214 Å². The average molecular weight is 563 g/mol. The highest BCUT2D eigenvalue weighted by molar-refractivity contribution is 9.10. The van der Waals surface area contributed by atoms with E-state index in [1.807, 2.05) is 38.1 Å². The Bertz CT molecular complexity index is 1170. The molecular formula is C23H23BrN4O6S. The van der Waals surface area contributed by atoms with Crippen molar-refractivity contribution >= 4 is 62.5 Å². The zero-order valence-corrected chi connectivity index (χ0v) is 21.3. The predicted octanol–water partition coefficient (Wildman–Crippen LogP) is 3.57. The summed E-state index contributed by atoms with van der Waals surface area (Å²) in [5.74, 6) is -1.01. The van der Waals surface area contributed by atoms with Crippen molar-refractivity contribution in [2.45, 2.75) is 25.5 Å². The number of hydrogen-bond donors (Lipinski definition) is 3. The lowest BCUT2D eigenvalue weighted by Crippen LogP contribution is -2.26. The maximum absolute atomic E-state index is 12.3. The van der Waals surface area contributed by atoms with Crippen LogP contribution < -0.4 is 20.1 Å². The number of benzene rings is 2. The molecule has 0 saturated carbocycles. The molecule has 0 aromatic heterocycles. The first-order chi connectivity index (χ1) is 16.7. The summed E-state index contributed by atoms with van der Waals surface area (Å²) in [5, 5.41) is 21.5. The molecule has 0 aliphatic carbocycles. The van der Waals surface area contributed by atoms with Crippen LogP contribution in [0.3, 0.4) is 0 Å². The van der Waals surface area contributed by atoms with Crippen LogP contribution in [-0.4, -0.2) is 52.7 Å². The number of anilines is 1. The molecular weight excluding hydrogens is 540 g/mol. The second kappa shape index (κ2) is 12.4. The van der Waals surface area contributed by atoms with Gasteiger partial charge in [-0.3, -0.25) is 14.4 Å². The third-order valence-corrected chi connectivity index (χ3v) is 6.30. The summed E-state index contributed by atoms with van der Waals surface area (Å²) in [7, 11) is 0. The number of carbonyl (C=O) groups excluding carboxylic acids is 2. The molecule has 2 aromatic rings. The smallest absolute Gasteiger partial charge is 0.305 e. The van der Waals surface area contributed by atoms with Gasteiger partial charge in [0.15, 0.2) is 23.3 Å². The Morgan fingerprint density at radius 3 is 2.63 bits per heavy atom. The summed E-state index contributed by atoms with van der Waals surface area (Å²) in [4.78, 5) is 34.9. The van der Waals surface area contributed by atoms with E-state index in [2.05, 4.69) is 36.8 Å². The van der Waals surface area contributed by atoms with Crippen LogP contribution in [0.2, 0.25) is 0 Å². The monoisotopic (exact) mass is 562 g/mol. The summed E-state index contributed by atoms with van der Waals surface area (Å²) in [6.07, 6.45) is 1.15. The fourth-order valence-corrected chi connectivity index (χ4v) is 4.24. The van der Waals surface area contributed by atoms with Gasteiger partial charge in [0, 0.05) is 15.7 Å². The molecule has 184 valence electrons. The Balaban J connectivity index is 1.66. The standard InChI is InChI=1S/C23H23BrN4O6S/c1-3-33-17-8-14(11-25-28-23-27-22(32)19(35-23)10-21(30)31)16(24)9-18(17)34-12-20(29)26-15-6-4-13(2)5-7-15/h4-9,11,19H,3,10,12H2,1-2H3,(H,26,29)(H,30,31)(H,27,28,32). The van der Waals surface area contributed by atoms with Crippen LogP contribution in [0.5, 0.6) is 11.5 Å². The second-order valence-corrected chi connectivity index (χ2v) is 9.35. The molecule has 2 aromatic carbocycles. The number of carbonyl (C=O) groups is 3. The van der Waals surface area contributed by atoms with Crippen molar-refractivity contribution in [3.63, 3.8) is 0 Å². The van der Waals surface area contributed by atoms with Crippen LogP contribution in [-0.2, 0) is 14.4 Å². The Kier molecular flexibility index (Phi) is 9.26. The molecule has 0 bridgehead atoms. The van der Waals surface area contributed by atoms with Gasteiger partial charge < -0.3 is 25.2 Å². The maximum Gasteiger partial charge on any atom is 0.305 e. The topological polar surface area (TPSA) is 139 Å². The highest BCUT2D eigenvalue weighted by Gasteiger charge is 2.32. The van der Waals surface area contributed by atoms with Gasteiger partial charge in [-0.05, 0) is 54.0 Å². The molecule has 1 saturated heterocycles. The minimum absolute atomic E-state index is 0.212. The first-order valence-electron chi connectivity index (χ1n) is 10.5. The minimum atomic E-state index is -1.07. The number of carboxylic acid groups (broad SMARTS) is 1. The molecule has 3 rings (SSSR count). The molecule has 1 heterocycles. The van der Waals surface area contributed by atoms with Crippen molar-refractivity contribution in [1.29, 1.82) is 0 Å². The van der Waals surface area contributed by atoms with E-state index in [0.29, 0.717) is 33.8 Å². The van der Waals surface area contributed by atoms with E-state index in [0.717, 1.165) is 17.3 Å². The van der Waals surface area contributed by atoms with E-state index < -0.39 is 17.1 Å². The number of carboxylic acids is 1. The van der Waals surface area contributed by atoms with Gasteiger partial charge >= 0.3 is 5.97 Å². The van der Waals surface area contributed by atoms with Crippen LogP contribution in [0, 0.1) is 6.92 Å². The quantitative estimate of drug-likeness (QED) is 0.297. The van der Waals surface area contributed by atoms with Gasteiger partial charge in [-0.1, -0.05) is 29.5 Å². The number of aryl methyl sites for hydroxylation is 1. The first-order valence-corrected chi connectivity index (χ1v) is 12.2. The lowest BCUT2D eigenvalue weighted by molar-refractivity contribution is -0.138. The van der Waals surface area contributed by atoms with E-state index in [1.54, 1.807) is 12.1 Å². The zero-order valence-electron chi connectivity index (χ0n) is 18.9. The fourth-order valence-electron chi connectivity index (χ4n) is 2.90. The van der Waals surface area contributed by atoms with Crippen molar-refractivity contribution in [3.05, 3.63) is 52.0 Å². The van der Waals surface area contributed by atoms with E-state index in [-0.39, 0.29) is 24.1 Å². The van der Waals surface area contributed by atoms with Gasteiger partial charge in [-0.2, -0.15) is 5.10 Å². The summed E-state index contributed by atoms with van der Waals surface area (Å²) >= 11 is 4.45. The average Bonchev–Trinajstić information content (AvgIpc) is 3.14. The van der Waals surface area contributed by atoms with Crippen molar-refractivity contribution in [3.8, 4) is 11.5 Å². The normalized spacial score (nSPS) is 16.4. The third kappa shape index (κ3) is 7.82. The van der Waals surface area contributed by atoms with E-state index >= 15 is 0 Å². The molecule has 35 heavy (non-hydrogen) atoms. The van der Waals surface area contributed by atoms with Gasteiger partial charge in [-0.25, -0.2) is 0 Å². The number of halogens is 1. The molecule has 0 spiro atoms. The number of hydrogen-bond acceptors (Lipinski definition) is 8. The molecule has 3 N–H and O–H groups in total. The highest BCUT2D eigenvalue weighted by Crippen LogP contribution is 2.33.